The summed E-state index contributed by atoms with van der Waals surface area (Å²) in [4.78, 5) is 24.3. The first kappa shape index (κ1) is 14.0. The van der Waals surface area contributed by atoms with Gasteiger partial charge in [-0.1, -0.05) is 6.07 Å². The Morgan fingerprint density at radius 1 is 1.50 bits per heavy atom. The second kappa shape index (κ2) is 5.72. The molecule has 1 aliphatic heterocycles. The molecule has 20 heavy (non-hydrogen) atoms. The summed E-state index contributed by atoms with van der Waals surface area (Å²) in [6.07, 6.45) is 0.183. The third-order valence-corrected chi connectivity index (χ3v) is 3.32. The normalized spacial score (nSPS) is 18.2. The number of carbonyl (C=O) groups is 2. The Hall–Kier alpha value is -2.39. The van der Waals surface area contributed by atoms with Crippen molar-refractivity contribution in [2.24, 2.45) is 0 Å². The number of hydrogen-bond acceptors (Lipinski definition) is 5. The van der Waals surface area contributed by atoms with Gasteiger partial charge in [-0.05, 0) is 17.7 Å². The van der Waals surface area contributed by atoms with Crippen molar-refractivity contribution in [2.75, 3.05) is 14.2 Å². The van der Waals surface area contributed by atoms with Gasteiger partial charge >= 0.3 is 0 Å². The lowest BCUT2D eigenvalue weighted by Crippen LogP contribution is -2.36. The van der Waals surface area contributed by atoms with E-state index in [-0.39, 0.29) is 18.2 Å². The molecule has 1 unspecified atom stereocenters. The average molecular weight is 273 g/mol. The number of imide groups is 1. The lowest BCUT2D eigenvalue weighted by molar-refractivity contribution is -0.137. The van der Waals surface area contributed by atoms with E-state index < -0.39 is 6.04 Å². The van der Waals surface area contributed by atoms with Gasteiger partial charge < -0.3 is 10.1 Å². The predicted molar refractivity (Wildman–Crippen MR) is 70.7 cm³/mol. The largest absolute Gasteiger partial charge is 0.495 e. The molecular weight excluding hydrogens is 258 g/mol. The van der Waals surface area contributed by atoms with E-state index in [2.05, 4.69) is 5.32 Å². The van der Waals surface area contributed by atoms with Crippen LogP contribution in [0.5, 0.6) is 5.75 Å². The van der Waals surface area contributed by atoms with Crippen molar-refractivity contribution in [1.29, 1.82) is 5.26 Å². The quantitative estimate of drug-likeness (QED) is 0.804. The van der Waals surface area contributed by atoms with Crippen molar-refractivity contribution in [1.82, 2.24) is 10.2 Å². The van der Waals surface area contributed by atoms with E-state index in [0.29, 0.717) is 17.9 Å². The first-order valence-corrected chi connectivity index (χ1v) is 6.17. The third-order valence-electron chi connectivity index (χ3n) is 3.32. The van der Waals surface area contributed by atoms with Crippen LogP contribution in [0.15, 0.2) is 18.2 Å². The Bertz CT molecular complexity index is 592. The summed E-state index contributed by atoms with van der Waals surface area (Å²) in [5, 5.41) is 11.9. The van der Waals surface area contributed by atoms with Crippen molar-refractivity contribution in [3.8, 4) is 11.8 Å². The van der Waals surface area contributed by atoms with E-state index >= 15 is 0 Å². The van der Waals surface area contributed by atoms with Crippen LogP contribution in [0.3, 0.4) is 0 Å². The first-order valence-electron chi connectivity index (χ1n) is 6.17. The number of nitrogens with zero attached hydrogens (tertiary/aromatic N) is 2. The highest BCUT2D eigenvalue weighted by Gasteiger charge is 2.35. The summed E-state index contributed by atoms with van der Waals surface area (Å²) in [6, 6.07) is 6.77. The number of benzene rings is 1. The fourth-order valence-corrected chi connectivity index (χ4v) is 2.09. The maximum absolute atomic E-state index is 11.7. The molecule has 1 atom stereocenters. The zero-order chi connectivity index (χ0) is 14.7. The number of rotatable bonds is 4. The molecule has 0 saturated carbocycles. The molecule has 6 heteroatoms. The Morgan fingerprint density at radius 3 is 2.80 bits per heavy atom. The van der Waals surface area contributed by atoms with E-state index in [4.69, 9.17) is 10.00 Å². The monoisotopic (exact) mass is 273 g/mol. The van der Waals surface area contributed by atoms with E-state index in [0.717, 1.165) is 10.5 Å². The summed E-state index contributed by atoms with van der Waals surface area (Å²) in [6.45, 7) is 0.430. The van der Waals surface area contributed by atoms with E-state index in [1.807, 2.05) is 6.07 Å². The minimum Gasteiger partial charge on any atom is -0.495 e. The molecule has 2 amide bonds. The summed E-state index contributed by atoms with van der Waals surface area (Å²) >= 11 is 0. The minimum absolute atomic E-state index is 0.176. The van der Waals surface area contributed by atoms with Gasteiger partial charge in [0, 0.05) is 13.6 Å². The molecule has 0 bridgehead atoms. The summed E-state index contributed by atoms with van der Waals surface area (Å²) in [7, 11) is 2.98. The molecule has 0 spiro atoms. The molecule has 1 fully saturated rings. The van der Waals surface area contributed by atoms with Crippen molar-refractivity contribution >= 4 is 11.8 Å². The van der Waals surface area contributed by atoms with Gasteiger partial charge in [-0.3, -0.25) is 14.5 Å². The Morgan fingerprint density at radius 2 is 2.25 bits per heavy atom. The van der Waals surface area contributed by atoms with E-state index in [9.17, 15) is 9.59 Å². The summed E-state index contributed by atoms with van der Waals surface area (Å²) in [5.74, 6) is 0.110. The molecule has 1 aliphatic rings. The molecule has 1 saturated heterocycles. The maximum Gasteiger partial charge on any atom is 0.246 e. The molecule has 0 aliphatic carbocycles. The molecule has 1 aromatic rings. The maximum atomic E-state index is 11.7. The number of amides is 2. The fourth-order valence-electron chi connectivity index (χ4n) is 2.09. The average Bonchev–Trinajstić information content (AvgIpc) is 2.72. The van der Waals surface area contributed by atoms with Crippen LogP contribution in [0.4, 0.5) is 0 Å². The van der Waals surface area contributed by atoms with Gasteiger partial charge in [-0.15, -0.1) is 0 Å². The van der Waals surface area contributed by atoms with Gasteiger partial charge in [0.2, 0.25) is 11.8 Å². The zero-order valence-electron chi connectivity index (χ0n) is 11.3. The Kier molecular flexibility index (Phi) is 4.01. The van der Waals surface area contributed by atoms with Crippen LogP contribution in [-0.2, 0) is 16.1 Å². The molecule has 6 nitrogen and oxygen atoms in total. The van der Waals surface area contributed by atoms with Gasteiger partial charge in [0.1, 0.15) is 11.8 Å². The molecule has 0 radical (unpaired) electrons. The van der Waals surface area contributed by atoms with Crippen LogP contribution in [0.25, 0.3) is 0 Å². The standard InChI is InChI=1S/C14H15N3O3/c1-17-13(18)6-11(14(17)19)16-8-9-3-4-10(7-15)12(5-9)20-2/h3-5,11,16H,6,8H2,1-2H3. The molecule has 1 N–H and O–H groups in total. The van der Waals surface area contributed by atoms with Crippen LogP contribution in [0.2, 0.25) is 0 Å². The molecular formula is C14H15N3O3. The van der Waals surface area contributed by atoms with Crippen molar-refractivity contribution in [3.05, 3.63) is 29.3 Å². The highest BCUT2D eigenvalue weighted by molar-refractivity contribution is 6.05. The zero-order valence-corrected chi connectivity index (χ0v) is 11.3. The van der Waals surface area contributed by atoms with Gasteiger partial charge in [0.15, 0.2) is 0 Å². The lowest BCUT2D eigenvalue weighted by Gasteiger charge is -2.12. The van der Waals surface area contributed by atoms with E-state index in [1.54, 1.807) is 18.2 Å². The number of likely N-dealkylation sites (tertiary alicyclic amines) is 1. The van der Waals surface area contributed by atoms with Crippen LogP contribution in [-0.4, -0.2) is 36.9 Å². The second-order valence-corrected chi connectivity index (χ2v) is 4.58. The number of ether oxygens (including phenoxy) is 1. The van der Waals surface area contributed by atoms with E-state index in [1.165, 1.54) is 14.2 Å². The first-order chi connectivity index (χ1) is 9.56. The minimum atomic E-state index is -0.478. The summed E-state index contributed by atoms with van der Waals surface area (Å²) < 4.78 is 5.12. The van der Waals surface area contributed by atoms with Crippen LogP contribution in [0, 0.1) is 11.3 Å². The van der Waals surface area contributed by atoms with Gasteiger partial charge in [-0.25, -0.2) is 0 Å². The molecule has 1 aromatic carbocycles. The molecule has 1 heterocycles. The fraction of sp³-hybridized carbons (Fsp3) is 0.357. The predicted octanol–water partition coefficient (Wildman–Crippen LogP) is 0.414. The number of hydrogen-bond donors (Lipinski definition) is 1. The second-order valence-electron chi connectivity index (χ2n) is 4.58. The number of likely N-dealkylation sites (N-methyl/N-ethyl adjacent to an activating group) is 1. The highest BCUT2D eigenvalue weighted by Crippen LogP contribution is 2.19. The summed E-state index contributed by atoms with van der Waals surface area (Å²) in [5.41, 5.74) is 1.35. The van der Waals surface area contributed by atoms with Gasteiger partial charge in [-0.2, -0.15) is 5.26 Å². The van der Waals surface area contributed by atoms with Crippen molar-refractivity contribution < 1.29 is 14.3 Å². The Balaban J connectivity index is 2.03. The van der Waals surface area contributed by atoms with Crippen LogP contribution in [0.1, 0.15) is 17.5 Å². The van der Waals surface area contributed by atoms with Gasteiger partial charge in [0.25, 0.3) is 0 Å². The Labute approximate surface area is 116 Å². The topological polar surface area (TPSA) is 82.4 Å². The highest BCUT2D eigenvalue weighted by atomic mass is 16.5. The van der Waals surface area contributed by atoms with Crippen molar-refractivity contribution in [3.63, 3.8) is 0 Å². The number of methoxy groups -OCH3 is 1. The smallest absolute Gasteiger partial charge is 0.246 e. The third kappa shape index (κ3) is 2.63. The number of nitriles is 1. The molecule has 2 rings (SSSR count). The number of carbonyl (C=O) groups excluding carboxylic acids is 2. The molecule has 104 valence electrons. The lowest BCUT2D eigenvalue weighted by atomic mass is 10.1. The van der Waals surface area contributed by atoms with Crippen LogP contribution >= 0.6 is 0 Å². The van der Waals surface area contributed by atoms with Crippen LogP contribution < -0.4 is 10.1 Å². The SMILES string of the molecule is COc1cc(CNC2CC(=O)N(C)C2=O)ccc1C#N. The van der Waals surface area contributed by atoms with Crippen molar-refractivity contribution in [2.45, 2.75) is 19.0 Å². The number of nitrogens with one attached hydrogen (secondary N) is 1. The van der Waals surface area contributed by atoms with Gasteiger partial charge in [0.05, 0.1) is 25.1 Å². The molecule has 0 aromatic heterocycles.